The molecule has 1 aliphatic carbocycles. The Morgan fingerprint density at radius 1 is 1.19 bits per heavy atom. The first kappa shape index (κ1) is 16.6. The predicted molar refractivity (Wildman–Crippen MR) is 90.7 cm³/mol. The van der Waals surface area contributed by atoms with Crippen molar-refractivity contribution in [2.45, 2.75) is 52.0 Å². The second kappa shape index (κ2) is 8.02. The van der Waals surface area contributed by atoms with Gasteiger partial charge in [-0.15, -0.1) is 0 Å². The summed E-state index contributed by atoms with van der Waals surface area (Å²) in [4.78, 5) is 6.86. The molecule has 4 nitrogen and oxygen atoms in total. The first-order chi connectivity index (χ1) is 10.1. The molecular formula is C17H34N4. The number of hydrogen-bond donors (Lipinski definition) is 2. The van der Waals surface area contributed by atoms with Crippen molar-refractivity contribution >= 4 is 5.96 Å². The molecule has 1 aliphatic heterocycles. The molecule has 3 atom stereocenters. The van der Waals surface area contributed by atoms with Gasteiger partial charge >= 0.3 is 0 Å². The Bertz CT molecular complexity index is 332. The summed E-state index contributed by atoms with van der Waals surface area (Å²) in [7, 11) is 4.11. The van der Waals surface area contributed by atoms with Gasteiger partial charge in [0.2, 0.25) is 0 Å². The van der Waals surface area contributed by atoms with E-state index in [1.165, 1.54) is 45.2 Å². The van der Waals surface area contributed by atoms with E-state index in [-0.39, 0.29) is 0 Å². The molecule has 2 rings (SSSR count). The van der Waals surface area contributed by atoms with E-state index in [0.717, 1.165) is 30.3 Å². The molecular weight excluding hydrogens is 260 g/mol. The van der Waals surface area contributed by atoms with Gasteiger partial charge in [0, 0.05) is 26.2 Å². The monoisotopic (exact) mass is 294 g/mol. The van der Waals surface area contributed by atoms with Gasteiger partial charge in [-0.2, -0.15) is 0 Å². The van der Waals surface area contributed by atoms with Gasteiger partial charge in [0.15, 0.2) is 5.96 Å². The molecule has 1 saturated carbocycles. The van der Waals surface area contributed by atoms with Crippen molar-refractivity contribution in [3.8, 4) is 0 Å². The molecule has 0 aromatic rings. The molecule has 21 heavy (non-hydrogen) atoms. The van der Waals surface area contributed by atoms with E-state index < -0.39 is 0 Å². The van der Waals surface area contributed by atoms with Gasteiger partial charge in [-0.05, 0) is 63.5 Å². The van der Waals surface area contributed by atoms with E-state index in [1.54, 1.807) is 0 Å². The number of likely N-dealkylation sites (tertiary alicyclic amines) is 1. The van der Waals surface area contributed by atoms with E-state index in [0.29, 0.717) is 6.04 Å². The number of rotatable bonds is 3. The minimum absolute atomic E-state index is 0.587. The maximum absolute atomic E-state index is 4.42. The molecule has 3 unspecified atom stereocenters. The Labute approximate surface area is 130 Å². The molecule has 1 heterocycles. The highest BCUT2D eigenvalue weighted by Crippen LogP contribution is 2.28. The van der Waals surface area contributed by atoms with Crippen LogP contribution in [0, 0.1) is 17.8 Å². The smallest absolute Gasteiger partial charge is 0.191 e. The van der Waals surface area contributed by atoms with Gasteiger partial charge in [0.25, 0.3) is 0 Å². The van der Waals surface area contributed by atoms with Crippen molar-refractivity contribution in [3.05, 3.63) is 0 Å². The Morgan fingerprint density at radius 2 is 1.90 bits per heavy atom. The fourth-order valence-corrected chi connectivity index (χ4v) is 4.13. The molecule has 2 N–H and O–H groups in total. The van der Waals surface area contributed by atoms with Gasteiger partial charge in [-0.1, -0.05) is 13.8 Å². The summed E-state index contributed by atoms with van der Waals surface area (Å²) < 4.78 is 0. The standard InChI is InChI=1S/C17H34N4/c1-13-8-14(2)10-16(9-13)20-17(18-3)19-11-15-6-5-7-21(4)12-15/h13-16H,5-12H2,1-4H3,(H2,18,19,20). The topological polar surface area (TPSA) is 39.7 Å². The van der Waals surface area contributed by atoms with Crippen LogP contribution in [0.3, 0.4) is 0 Å². The summed E-state index contributed by atoms with van der Waals surface area (Å²) in [5.41, 5.74) is 0. The van der Waals surface area contributed by atoms with Crippen LogP contribution in [0.5, 0.6) is 0 Å². The summed E-state index contributed by atoms with van der Waals surface area (Å²) in [5.74, 6) is 3.41. The molecule has 0 aromatic heterocycles. The molecule has 0 spiro atoms. The summed E-state index contributed by atoms with van der Waals surface area (Å²) in [6, 6.07) is 0.587. The van der Waals surface area contributed by atoms with Crippen LogP contribution in [-0.2, 0) is 0 Å². The molecule has 0 radical (unpaired) electrons. The van der Waals surface area contributed by atoms with Gasteiger partial charge in [0.05, 0.1) is 0 Å². The molecule has 2 aliphatic rings. The quantitative estimate of drug-likeness (QED) is 0.620. The third kappa shape index (κ3) is 5.50. The van der Waals surface area contributed by atoms with Crippen LogP contribution in [0.15, 0.2) is 4.99 Å². The van der Waals surface area contributed by atoms with E-state index in [1.807, 2.05) is 7.05 Å². The second-order valence-corrected chi connectivity index (χ2v) is 7.48. The van der Waals surface area contributed by atoms with Gasteiger partial charge < -0.3 is 15.5 Å². The zero-order chi connectivity index (χ0) is 15.2. The highest BCUT2D eigenvalue weighted by atomic mass is 15.2. The van der Waals surface area contributed by atoms with E-state index in [4.69, 9.17) is 0 Å². The molecule has 4 heteroatoms. The average molecular weight is 294 g/mol. The lowest BCUT2D eigenvalue weighted by atomic mass is 9.80. The van der Waals surface area contributed by atoms with Crippen LogP contribution in [0.1, 0.15) is 46.0 Å². The van der Waals surface area contributed by atoms with Crippen LogP contribution < -0.4 is 10.6 Å². The zero-order valence-corrected chi connectivity index (χ0v) is 14.4. The van der Waals surface area contributed by atoms with Crippen molar-refractivity contribution in [1.82, 2.24) is 15.5 Å². The average Bonchev–Trinajstić information content (AvgIpc) is 2.42. The van der Waals surface area contributed by atoms with Gasteiger partial charge in [-0.3, -0.25) is 4.99 Å². The van der Waals surface area contributed by atoms with E-state index >= 15 is 0 Å². The molecule has 1 saturated heterocycles. The number of hydrogen-bond acceptors (Lipinski definition) is 2. The SMILES string of the molecule is CN=C(NCC1CCCN(C)C1)NC1CC(C)CC(C)C1. The highest BCUT2D eigenvalue weighted by Gasteiger charge is 2.24. The molecule has 0 aromatic carbocycles. The first-order valence-electron chi connectivity index (χ1n) is 8.72. The Hall–Kier alpha value is -0.770. The van der Waals surface area contributed by atoms with Crippen LogP contribution >= 0.6 is 0 Å². The van der Waals surface area contributed by atoms with Crippen molar-refractivity contribution in [2.24, 2.45) is 22.7 Å². The van der Waals surface area contributed by atoms with Crippen LogP contribution in [0.25, 0.3) is 0 Å². The van der Waals surface area contributed by atoms with Crippen LogP contribution in [0.2, 0.25) is 0 Å². The third-order valence-corrected chi connectivity index (χ3v) is 5.02. The molecule has 0 amide bonds. The summed E-state index contributed by atoms with van der Waals surface area (Å²) >= 11 is 0. The van der Waals surface area contributed by atoms with Crippen molar-refractivity contribution < 1.29 is 0 Å². The minimum Gasteiger partial charge on any atom is -0.356 e. The maximum Gasteiger partial charge on any atom is 0.191 e. The number of piperidine rings is 1. The van der Waals surface area contributed by atoms with Crippen LogP contribution in [-0.4, -0.2) is 50.6 Å². The fraction of sp³-hybridized carbons (Fsp3) is 0.941. The predicted octanol–water partition coefficient (Wildman–Crippen LogP) is 2.32. The Balaban J connectivity index is 1.75. The lowest BCUT2D eigenvalue weighted by molar-refractivity contribution is 0.210. The van der Waals surface area contributed by atoms with Crippen molar-refractivity contribution in [1.29, 1.82) is 0 Å². The number of aliphatic imine (C=N–C) groups is 1. The summed E-state index contributed by atoms with van der Waals surface area (Å²) in [6.07, 6.45) is 6.59. The molecule has 0 bridgehead atoms. The van der Waals surface area contributed by atoms with Gasteiger partial charge in [0.1, 0.15) is 0 Å². The Kier molecular flexibility index (Phi) is 6.34. The second-order valence-electron chi connectivity index (χ2n) is 7.48. The molecule has 122 valence electrons. The highest BCUT2D eigenvalue weighted by molar-refractivity contribution is 5.79. The lowest BCUT2D eigenvalue weighted by Crippen LogP contribution is -2.48. The number of nitrogens with zero attached hydrogens (tertiary/aromatic N) is 2. The zero-order valence-electron chi connectivity index (χ0n) is 14.4. The Morgan fingerprint density at radius 3 is 2.52 bits per heavy atom. The van der Waals surface area contributed by atoms with E-state index in [9.17, 15) is 0 Å². The van der Waals surface area contributed by atoms with Gasteiger partial charge in [-0.25, -0.2) is 0 Å². The lowest BCUT2D eigenvalue weighted by Gasteiger charge is -2.34. The fourth-order valence-electron chi connectivity index (χ4n) is 4.13. The maximum atomic E-state index is 4.42. The third-order valence-electron chi connectivity index (χ3n) is 5.02. The largest absolute Gasteiger partial charge is 0.356 e. The van der Waals surface area contributed by atoms with Crippen molar-refractivity contribution in [3.63, 3.8) is 0 Å². The molecule has 2 fully saturated rings. The number of guanidine groups is 1. The number of nitrogens with one attached hydrogen (secondary N) is 2. The summed E-state index contributed by atoms with van der Waals surface area (Å²) in [6.45, 7) is 8.25. The minimum atomic E-state index is 0.587. The van der Waals surface area contributed by atoms with Crippen LogP contribution in [0.4, 0.5) is 0 Å². The summed E-state index contributed by atoms with van der Waals surface area (Å²) in [5, 5.41) is 7.19. The van der Waals surface area contributed by atoms with E-state index in [2.05, 4.69) is 41.4 Å². The normalized spacial score (nSPS) is 35.5. The first-order valence-corrected chi connectivity index (χ1v) is 8.72. The van der Waals surface area contributed by atoms with Crippen molar-refractivity contribution in [2.75, 3.05) is 33.7 Å².